The number of carbonyl (C=O) groups is 1. The van der Waals surface area contributed by atoms with Gasteiger partial charge in [-0.3, -0.25) is 4.79 Å². The molecule has 0 aliphatic carbocycles. The van der Waals surface area contributed by atoms with Gasteiger partial charge < -0.3 is 15.1 Å². The predicted octanol–water partition coefficient (Wildman–Crippen LogP) is 0.709. The number of carbonyl (C=O) groups excluding carboxylic acids is 1. The van der Waals surface area contributed by atoms with Crippen molar-refractivity contribution in [3.05, 3.63) is 35.4 Å². The Morgan fingerprint density at radius 1 is 1.40 bits per heavy atom. The highest BCUT2D eigenvalue weighted by molar-refractivity contribution is 5.79. The highest BCUT2D eigenvalue weighted by atomic mass is 19.1. The summed E-state index contributed by atoms with van der Waals surface area (Å²) in [7, 11) is 0. The summed E-state index contributed by atoms with van der Waals surface area (Å²) in [6, 6.07) is 3.10. The molecule has 2 rings (SSSR count). The highest BCUT2D eigenvalue weighted by Gasteiger charge is 2.29. The molecule has 1 saturated heterocycles. The Balaban J connectivity index is 1.98. The fourth-order valence-electron chi connectivity index (χ4n) is 2.36. The summed E-state index contributed by atoms with van der Waals surface area (Å²) >= 11 is 0. The van der Waals surface area contributed by atoms with Crippen molar-refractivity contribution < 1.29 is 23.8 Å². The molecule has 2 atom stereocenters. The zero-order valence-corrected chi connectivity index (χ0v) is 10.9. The largest absolute Gasteiger partial charge is 0.396 e. The van der Waals surface area contributed by atoms with Gasteiger partial charge in [0.1, 0.15) is 11.6 Å². The van der Waals surface area contributed by atoms with Gasteiger partial charge in [-0.05, 0) is 18.1 Å². The van der Waals surface area contributed by atoms with E-state index in [1.165, 1.54) is 11.0 Å². The Bertz CT molecular complexity index is 495. The van der Waals surface area contributed by atoms with Gasteiger partial charge in [-0.1, -0.05) is 6.07 Å². The van der Waals surface area contributed by atoms with Crippen LogP contribution in [0, 0.1) is 17.6 Å². The van der Waals surface area contributed by atoms with Gasteiger partial charge in [0.2, 0.25) is 5.91 Å². The summed E-state index contributed by atoms with van der Waals surface area (Å²) in [6.07, 6.45) is -0.423. The molecule has 1 fully saturated rings. The van der Waals surface area contributed by atoms with Crippen LogP contribution >= 0.6 is 0 Å². The summed E-state index contributed by atoms with van der Waals surface area (Å²) in [5, 5.41) is 18.8. The minimum atomic E-state index is -0.768. The molecule has 0 bridgehead atoms. The van der Waals surface area contributed by atoms with Gasteiger partial charge >= 0.3 is 0 Å². The van der Waals surface area contributed by atoms with Crippen molar-refractivity contribution in [3.8, 4) is 0 Å². The zero-order chi connectivity index (χ0) is 14.7. The second kappa shape index (κ2) is 6.28. The minimum absolute atomic E-state index is 0.115. The fraction of sp³-hybridized carbons (Fsp3) is 0.500. The lowest BCUT2D eigenvalue weighted by Crippen LogP contribution is -2.48. The minimum Gasteiger partial charge on any atom is -0.396 e. The number of β-amino-alcohol motifs (C(OH)–C–C–N with tert-alkyl or cyclic N) is 1. The first kappa shape index (κ1) is 14.9. The molecule has 20 heavy (non-hydrogen) atoms. The van der Waals surface area contributed by atoms with E-state index in [9.17, 15) is 18.7 Å². The number of hydrogen-bond donors (Lipinski definition) is 2. The lowest BCUT2D eigenvalue weighted by atomic mass is 9.94. The third kappa shape index (κ3) is 3.32. The fourth-order valence-corrected chi connectivity index (χ4v) is 2.36. The summed E-state index contributed by atoms with van der Waals surface area (Å²) < 4.78 is 26.3. The average molecular weight is 285 g/mol. The molecule has 0 saturated carbocycles. The lowest BCUT2D eigenvalue weighted by Gasteiger charge is -2.35. The van der Waals surface area contributed by atoms with Crippen LogP contribution in [0.5, 0.6) is 0 Å². The Labute approximate surface area is 115 Å². The maximum Gasteiger partial charge on any atom is 0.227 e. The third-order valence-corrected chi connectivity index (χ3v) is 3.67. The number of nitrogens with zero attached hydrogens (tertiary/aromatic N) is 1. The number of hydrogen-bond acceptors (Lipinski definition) is 3. The van der Waals surface area contributed by atoms with E-state index in [4.69, 9.17) is 5.11 Å². The first-order valence-corrected chi connectivity index (χ1v) is 6.52. The third-order valence-electron chi connectivity index (χ3n) is 3.67. The van der Waals surface area contributed by atoms with Crippen molar-refractivity contribution >= 4 is 5.91 Å². The first-order valence-electron chi connectivity index (χ1n) is 6.52. The topological polar surface area (TPSA) is 60.8 Å². The zero-order valence-electron chi connectivity index (χ0n) is 10.9. The molecule has 110 valence electrons. The second-order valence-electron chi connectivity index (χ2n) is 5.05. The SMILES string of the molecule is O=C(Cc1ccc(F)cc1F)N1CC[C@H](CO)[C@@H](O)C1. The van der Waals surface area contributed by atoms with E-state index in [0.717, 1.165) is 12.1 Å². The molecule has 0 radical (unpaired) electrons. The normalized spacial score (nSPS) is 22.9. The van der Waals surface area contributed by atoms with E-state index >= 15 is 0 Å². The van der Waals surface area contributed by atoms with E-state index in [0.29, 0.717) is 13.0 Å². The molecule has 1 aromatic rings. The number of rotatable bonds is 3. The lowest BCUT2D eigenvalue weighted by molar-refractivity contribution is -0.135. The number of halogens is 2. The van der Waals surface area contributed by atoms with Crippen molar-refractivity contribution in [1.82, 2.24) is 4.90 Å². The van der Waals surface area contributed by atoms with E-state index in [1.807, 2.05) is 0 Å². The molecule has 1 aliphatic heterocycles. The van der Waals surface area contributed by atoms with Crippen molar-refractivity contribution in [2.45, 2.75) is 18.9 Å². The van der Waals surface area contributed by atoms with Crippen molar-refractivity contribution in [2.24, 2.45) is 5.92 Å². The van der Waals surface area contributed by atoms with Gasteiger partial charge in [-0.2, -0.15) is 0 Å². The van der Waals surface area contributed by atoms with Gasteiger partial charge in [0.05, 0.1) is 12.5 Å². The molecule has 0 unspecified atom stereocenters. The number of amides is 1. The quantitative estimate of drug-likeness (QED) is 0.860. The number of likely N-dealkylation sites (tertiary alicyclic amines) is 1. The van der Waals surface area contributed by atoms with Gasteiger partial charge in [0.25, 0.3) is 0 Å². The van der Waals surface area contributed by atoms with Gasteiger partial charge in [0, 0.05) is 31.7 Å². The summed E-state index contributed by atoms with van der Waals surface area (Å²) in [4.78, 5) is 13.5. The predicted molar refractivity (Wildman–Crippen MR) is 67.8 cm³/mol. The van der Waals surface area contributed by atoms with E-state index in [-0.39, 0.29) is 37.0 Å². The van der Waals surface area contributed by atoms with E-state index in [2.05, 4.69) is 0 Å². The van der Waals surface area contributed by atoms with Crippen LogP contribution in [0.25, 0.3) is 0 Å². The number of aliphatic hydroxyl groups excluding tert-OH is 2. The van der Waals surface area contributed by atoms with Crippen LogP contribution in [0.15, 0.2) is 18.2 Å². The molecule has 1 aromatic carbocycles. The monoisotopic (exact) mass is 285 g/mol. The Hall–Kier alpha value is -1.53. The number of benzene rings is 1. The van der Waals surface area contributed by atoms with Crippen LogP contribution in [0.3, 0.4) is 0 Å². The molecular formula is C14H17F2NO3. The van der Waals surface area contributed by atoms with E-state index < -0.39 is 17.7 Å². The number of aliphatic hydroxyl groups is 2. The van der Waals surface area contributed by atoms with Gasteiger partial charge in [-0.25, -0.2) is 8.78 Å². The van der Waals surface area contributed by atoms with Crippen LogP contribution in [-0.2, 0) is 11.2 Å². The maximum absolute atomic E-state index is 13.5. The standard InChI is InChI=1S/C14H17F2NO3/c15-11-2-1-9(12(16)6-11)5-14(20)17-4-3-10(8-18)13(19)7-17/h1-2,6,10,13,18-19H,3-5,7-8H2/t10-,13+/m1/s1. The van der Waals surface area contributed by atoms with Crippen molar-refractivity contribution in [2.75, 3.05) is 19.7 Å². The number of piperidine rings is 1. The maximum atomic E-state index is 13.5. The first-order chi connectivity index (χ1) is 9.51. The Kier molecular flexibility index (Phi) is 4.67. The summed E-state index contributed by atoms with van der Waals surface area (Å²) in [6.45, 7) is 0.437. The van der Waals surface area contributed by atoms with Crippen molar-refractivity contribution in [1.29, 1.82) is 0 Å². The van der Waals surface area contributed by atoms with Crippen LogP contribution in [0.1, 0.15) is 12.0 Å². The van der Waals surface area contributed by atoms with Crippen molar-refractivity contribution in [3.63, 3.8) is 0 Å². The molecule has 0 aromatic heterocycles. The Morgan fingerprint density at radius 2 is 2.15 bits per heavy atom. The van der Waals surface area contributed by atoms with Gasteiger partial charge in [0.15, 0.2) is 0 Å². The smallest absolute Gasteiger partial charge is 0.227 e. The molecule has 6 heteroatoms. The molecule has 1 aliphatic rings. The van der Waals surface area contributed by atoms with Crippen LogP contribution < -0.4 is 0 Å². The second-order valence-corrected chi connectivity index (χ2v) is 5.05. The molecule has 4 nitrogen and oxygen atoms in total. The molecule has 2 N–H and O–H groups in total. The summed E-state index contributed by atoms with van der Waals surface area (Å²) in [5.74, 6) is -1.96. The highest BCUT2D eigenvalue weighted by Crippen LogP contribution is 2.19. The van der Waals surface area contributed by atoms with Crippen LogP contribution in [0.4, 0.5) is 8.78 Å². The molecular weight excluding hydrogens is 268 g/mol. The molecule has 0 spiro atoms. The van der Waals surface area contributed by atoms with Crippen LogP contribution in [0.2, 0.25) is 0 Å². The van der Waals surface area contributed by atoms with Gasteiger partial charge in [-0.15, -0.1) is 0 Å². The van der Waals surface area contributed by atoms with E-state index in [1.54, 1.807) is 0 Å². The van der Waals surface area contributed by atoms with Crippen LogP contribution in [-0.4, -0.2) is 46.8 Å². The summed E-state index contributed by atoms with van der Waals surface area (Å²) in [5.41, 5.74) is 0.134. The Morgan fingerprint density at radius 3 is 2.75 bits per heavy atom. The molecule has 1 amide bonds. The average Bonchev–Trinajstić information content (AvgIpc) is 2.41. The molecule has 1 heterocycles.